The van der Waals surface area contributed by atoms with Crippen molar-refractivity contribution in [3.8, 4) is 0 Å². The minimum atomic E-state index is 0. The molecule has 0 saturated carbocycles. The van der Waals surface area contributed by atoms with Crippen molar-refractivity contribution in [3.05, 3.63) is 30.1 Å². The Kier molecular flexibility index (Phi) is 7.32. The van der Waals surface area contributed by atoms with Gasteiger partial charge in [0.05, 0.1) is 11.0 Å². The number of carbonyl (C=O) groups excluding carboxylic acids is 1. The predicted molar refractivity (Wildman–Crippen MR) is 97.6 cm³/mol. The number of para-hydroxylation sites is 2. The molecule has 2 atom stereocenters. The number of aromatic nitrogens is 2. The van der Waals surface area contributed by atoms with Crippen LogP contribution in [0.1, 0.15) is 25.6 Å². The first kappa shape index (κ1) is 19.7. The zero-order chi connectivity index (χ0) is 14.8. The fourth-order valence-corrected chi connectivity index (χ4v) is 3.08. The second kappa shape index (κ2) is 8.52. The number of aryl methyl sites for hydroxylation is 1. The number of benzene rings is 1. The summed E-state index contributed by atoms with van der Waals surface area (Å²) in [6.45, 7) is 5.41. The lowest BCUT2D eigenvalue weighted by Gasteiger charge is -2.28. The highest BCUT2D eigenvalue weighted by Gasteiger charge is 2.20. The van der Waals surface area contributed by atoms with Crippen molar-refractivity contribution in [2.75, 3.05) is 6.54 Å². The quantitative estimate of drug-likeness (QED) is 0.885. The average molecular weight is 359 g/mol. The molecule has 2 N–H and O–H groups in total. The van der Waals surface area contributed by atoms with Gasteiger partial charge in [0.2, 0.25) is 5.91 Å². The summed E-state index contributed by atoms with van der Waals surface area (Å²) in [6.07, 6.45) is 2.00. The molecule has 5 nitrogen and oxygen atoms in total. The van der Waals surface area contributed by atoms with Crippen molar-refractivity contribution in [1.29, 1.82) is 0 Å². The Morgan fingerprint density at radius 1 is 1.39 bits per heavy atom. The van der Waals surface area contributed by atoms with Gasteiger partial charge in [-0.3, -0.25) is 4.79 Å². The number of hydrogen-bond acceptors (Lipinski definition) is 3. The first-order chi connectivity index (χ1) is 10.1. The van der Waals surface area contributed by atoms with E-state index in [4.69, 9.17) is 0 Å². The molecule has 3 rings (SSSR count). The molecule has 1 aromatic heterocycles. The van der Waals surface area contributed by atoms with Gasteiger partial charge in [0, 0.05) is 12.1 Å². The number of rotatable bonds is 3. The van der Waals surface area contributed by atoms with Gasteiger partial charge in [-0.25, -0.2) is 4.98 Å². The smallest absolute Gasteiger partial charge is 0.240 e. The number of amides is 1. The van der Waals surface area contributed by atoms with Crippen molar-refractivity contribution in [2.24, 2.45) is 0 Å². The molecule has 2 heterocycles. The van der Waals surface area contributed by atoms with Crippen LogP contribution < -0.4 is 10.6 Å². The molecule has 1 amide bonds. The zero-order valence-electron chi connectivity index (χ0n) is 13.4. The van der Waals surface area contributed by atoms with Crippen LogP contribution in [0.2, 0.25) is 0 Å². The minimum absolute atomic E-state index is 0. The molecule has 0 spiro atoms. The fraction of sp³-hybridized carbons (Fsp3) is 0.500. The predicted octanol–water partition coefficient (Wildman–Crippen LogP) is 2.45. The molecule has 0 aliphatic carbocycles. The Balaban J connectivity index is 0.00000132. The van der Waals surface area contributed by atoms with Gasteiger partial charge in [-0.05, 0) is 45.4 Å². The molecular weight excluding hydrogens is 335 g/mol. The van der Waals surface area contributed by atoms with E-state index in [9.17, 15) is 4.79 Å². The highest BCUT2D eigenvalue weighted by Crippen LogP contribution is 2.15. The van der Waals surface area contributed by atoms with E-state index in [1.807, 2.05) is 35.8 Å². The summed E-state index contributed by atoms with van der Waals surface area (Å²) in [4.78, 5) is 16.8. The van der Waals surface area contributed by atoms with E-state index in [1.54, 1.807) is 0 Å². The number of hydrogen-bond donors (Lipinski definition) is 2. The maximum absolute atomic E-state index is 12.3. The zero-order valence-corrected chi connectivity index (χ0v) is 15.0. The summed E-state index contributed by atoms with van der Waals surface area (Å²) in [5.41, 5.74) is 1.96. The minimum Gasteiger partial charge on any atom is -0.352 e. The summed E-state index contributed by atoms with van der Waals surface area (Å²) in [5, 5.41) is 6.55. The molecule has 1 aliphatic heterocycles. The van der Waals surface area contributed by atoms with E-state index in [1.165, 1.54) is 0 Å². The molecule has 128 valence electrons. The normalized spacial score (nSPS) is 20.4. The number of imidazole rings is 1. The van der Waals surface area contributed by atoms with Crippen molar-refractivity contribution in [1.82, 2.24) is 20.2 Å². The number of halogens is 2. The third-order valence-corrected chi connectivity index (χ3v) is 4.14. The Morgan fingerprint density at radius 3 is 2.87 bits per heavy atom. The van der Waals surface area contributed by atoms with E-state index >= 15 is 0 Å². The largest absolute Gasteiger partial charge is 0.352 e. The van der Waals surface area contributed by atoms with Gasteiger partial charge in [-0.1, -0.05) is 12.1 Å². The standard InChI is InChI=1S/C16H22N4O.2ClH/c1-11-9-13(7-8-17-11)19-16(21)10-20-12(2)18-14-5-3-4-6-15(14)20;;/h3-6,11,13,17H,7-10H2,1-2H3,(H,19,21);2*1H. The molecule has 1 aliphatic rings. The molecule has 0 radical (unpaired) electrons. The summed E-state index contributed by atoms with van der Waals surface area (Å²) in [5.74, 6) is 0.949. The third-order valence-electron chi connectivity index (χ3n) is 4.14. The number of nitrogens with zero attached hydrogens (tertiary/aromatic N) is 2. The first-order valence-corrected chi connectivity index (χ1v) is 7.58. The number of fused-ring (bicyclic) bond motifs is 1. The van der Waals surface area contributed by atoms with Gasteiger partial charge in [-0.2, -0.15) is 0 Å². The van der Waals surface area contributed by atoms with Crippen molar-refractivity contribution >= 4 is 41.8 Å². The van der Waals surface area contributed by atoms with Gasteiger partial charge >= 0.3 is 0 Å². The van der Waals surface area contributed by atoms with Crippen LogP contribution >= 0.6 is 24.8 Å². The molecule has 23 heavy (non-hydrogen) atoms. The lowest BCUT2D eigenvalue weighted by atomic mass is 10.0. The van der Waals surface area contributed by atoms with E-state index < -0.39 is 0 Å². The topological polar surface area (TPSA) is 59.0 Å². The maximum Gasteiger partial charge on any atom is 0.240 e. The Labute approximate surface area is 149 Å². The van der Waals surface area contributed by atoms with Crippen LogP contribution in [0.5, 0.6) is 0 Å². The van der Waals surface area contributed by atoms with Crippen LogP contribution in [0.4, 0.5) is 0 Å². The van der Waals surface area contributed by atoms with Gasteiger partial charge in [0.15, 0.2) is 0 Å². The SMILES string of the molecule is Cc1nc2ccccc2n1CC(=O)NC1CCNC(C)C1.Cl.Cl. The number of piperidine rings is 1. The summed E-state index contributed by atoms with van der Waals surface area (Å²) >= 11 is 0. The van der Waals surface area contributed by atoms with Crippen LogP contribution in [0, 0.1) is 6.92 Å². The second-order valence-corrected chi connectivity index (χ2v) is 5.88. The second-order valence-electron chi connectivity index (χ2n) is 5.88. The lowest BCUT2D eigenvalue weighted by molar-refractivity contribution is -0.122. The fourth-order valence-electron chi connectivity index (χ4n) is 3.08. The lowest BCUT2D eigenvalue weighted by Crippen LogP contribution is -2.47. The van der Waals surface area contributed by atoms with Crippen molar-refractivity contribution in [3.63, 3.8) is 0 Å². The summed E-state index contributed by atoms with van der Waals surface area (Å²) in [7, 11) is 0. The molecule has 0 bridgehead atoms. The van der Waals surface area contributed by atoms with Crippen LogP contribution in [0.3, 0.4) is 0 Å². The van der Waals surface area contributed by atoms with Crippen LogP contribution in [0.25, 0.3) is 11.0 Å². The highest BCUT2D eigenvalue weighted by atomic mass is 35.5. The molecule has 2 unspecified atom stereocenters. The Morgan fingerprint density at radius 2 is 2.13 bits per heavy atom. The summed E-state index contributed by atoms with van der Waals surface area (Å²) in [6, 6.07) is 8.69. The maximum atomic E-state index is 12.3. The molecule has 1 saturated heterocycles. The average Bonchev–Trinajstić information content (AvgIpc) is 2.75. The molecule has 2 aromatic rings. The monoisotopic (exact) mass is 358 g/mol. The van der Waals surface area contributed by atoms with E-state index in [2.05, 4.69) is 22.5 Å². The van der Waals surface area contributed by atoms with Gasteiger partial charge < -0.3 is 15.2 Å². The van der Waals surface area contributed by atoms with E-state index in [0.717, 1.165) is 36.2 Å². The van der Waals surface area contributed by atoms with E-state index in [-0.39, 0.29) is 36.8 Å². The van der Waals surface area contributed by atoms with Gasteiger partial charge in [0.1, 0.15) is 12.4 Å². The molecule has 1 fully saturated rings. The summed E-state index contributed by atoms with van der Waals surface area (Å²) < 4.78 is 1.98. The number of carbonyl (C=O) groups is 1. The van der Waals surface area contributed by atoms with Gasteiger partial charge in [-0.15, -0.1) is 24.8 Å². The molecule has 7 heteroatoms. The number of nitrogens with one attached hydrogen (secondary N) is 2. The van der Waals surface area contributed by atoms with Gasteiger partial charge in [0.25, 0.3) is 0 Å². The first-order valence-electron chi connectivity index (χ1n) is 7.58. The Hall–Kier alpha value is -1.30. The van der Waals surface area contributed by atoms with Crippen molar-refractivity contribution < 1.29 is 4.79 Å². The van der Waals surface area contributed by atoms with Crippen molar-refractivity contribution in [2.45, 2.75) is 45.3 Å². The Bertz CT molecular complexity index is 659. The molecule has 1 aromatic carbocycles. The van der Waals surface area contributed by atoms with Crippen LogP contribution in [0.15, 0.2) is 24.3 Å². The third kappa shape index (κ3) is 4.59. The van der Waals surface area contributed by atoms with Crippen LogP contribution in [-0.4, -0.2) is 34.1 Å². The molecular formula is C16H24Cl2N4O. The highest BCUT2D eigenvalue weighted by molar-refractivity contribution is 5.85. The van der Waals surface area contributed by atoms with E-state index in [0.29, 0.717) is 12.6 Å². The van der Waals surface area contributed by atoms with Crippen LogP contribution in [-0.2, 0) is 11.3 Å².